The summed E-state index contributed by atoms with van der Waals surface area (Å²) in [5.74, 6) is -2.51. The second-order valence-electron chi connectivity index (χ2n) is 5.53. The van der Waals surface area contributed by atoms with Gasteiger partial charge in [-0.2, -0.15) is 5.10 Å². The van der Waals surface area contributed by atoms with E-state index in [0.29, 0.717) is 17.3 Å². The van der Waals surface area contributed by atoms with Crippen LogP contribution in [0.4, 0.5) is 14.5 Å². The van der Waals surface area contributed by atoms with Gasteiger partial charge in [-0.05, 0) is 30.7 Å². The van der Waals surface area contributed by atoms with Crippen LogP contribution in [0.25, 0.3) is 0 Å². The molecular formula is C15H16F2N4O2. The summed E-state index contributed by atoms with van der Waals surface area (Å²) in [5, 5.41) is 9.05. The van der Waals surface area contributed by atoms with Crippen molar-refractivity contribution in [2.24, 2.45) is 5.92 Å². The van der Waals surface area contributed by atoms with Crippen LogP contribution in [0, 0.1) is 5.92 Å². The first-order chi connectivity index (χ1) is 11.0. The first-order valence-electron chi connectivity index (χ1n) is 7.28. The van der Waals surface area contributed by atoms with E-state index in [-0.39, 0.29) is 31.8 Å². The highest BCUT2D eigenvalue weighted by Crippen LogP contribution is 2.39. The van der Waals surface area contributed by atoms with Crippen molar-refractivity contribution in [3.05, 3.63) is 36.4 Å². The smallest absolute Gasteiger partial charge is 0.248 e. The van der Waals surface area contributed by atoms with Gasteiger partial charge in [-0.1, -0.05) is 0 Å². The topological polar surface area (TPSA) is 79.9 Å². The van der Waals surface area contributed by atoms with Gasteiger partial charge in [0.05, 0.1) is 0 Å². The molecular weight excluding hydrogens is 306 g/mol. The van der Waals surface area contributed by atoms with Crippen LogP contribution >= 0.6 is 0 Å². The summed E-state index contributed by atoms with van der Waals surface area (Å²) in [5.41, 5.74) is 0.553. The second kappa shape index (κ2) is 6.31. The van der Waals surface area contributed by atoms with E-state index in [9.17, 15) is 13.6 Å². The number of amides is 1. The molecule has 23 heavy (non-hydrogen) atoms. The van der Waals surface area contributed by atoms with Gasteiger partial charge in [0.1, 0.15) is 18.7 Å². The first-order valence-corrected chi connectivity index (χ1v) is 7.28. The molecule has 1 aromatic carbocycles. The van der Waals surface area contributed by atoms with Crippen molar-refractivity contribution in [3.63, 3.8) is 0 Å². The zero-order chi connectivity index (χ0) is 16.3. The number of carbonyl (C=O) groups excluding carboxylic acids is 1. The van der Waals surface area contributed by atoms with E-state index in [1.54, 1.807) is 24.3 Å². The maximum atomic E-state index is 13.1. The van der Waals surface area contributed by atoms with Crippen LogP contribution < -0.4 is 10.1 Å². The van der Waals surface area contributed by atoms with Gasteiger partial charge < -0.3 is 10.1 Å². The molecule has 1 aliphatic rings. The van der Waals surface area contributed by atoms with E-state index < -0.39 is 11.8 Å². The van der Waals surface area contributed by atoms with Gasteiger partial charge in [-0.15, -0.1) is 0 Å². The van der Waals surface area contributed by atoms with E-state index >= 15 is 0 Å². The van der Waals surface area contributed by atoms with Crippen molar-refractivity contribution >= 4 is 11.6 Å². The predicted molar refractivity (Wildman–Crippen MR) is 78.1 cm³/mol. The monoisotopic (exact) mass is 322 g/mol. The lowest BCUT2D eigenvalue weighted by Gasteiger charge is -2.12. The molecule has 1 saturated carbocycles. The number of ether oxygens (including phenoxy) is 1. The molecule has 3 rings (SSSR count). The lowest BCUT2D eigenvalue weighted by Crippen LogP contribution is -2.22. The van der Waals surface area contributed by atoms with Crippen LogP contribution in [0.3, 0.4) is 0 Å². The highest BCUT2D eigenvalue weighted by molar-refractivity contribution is 5.92. The fraction of sp³-hybridized carbons (Fsp3) is 0.400. The Morgan fingerprint density at radius 2 is 2.17 bits per heavy atom. The maximum Gasteiger partial charge on any atom is 0.248 e. The number of nitrogens with zero attached hydrogens (tertiary/aromatic N) is 2. The average Bonchev–Trinajstić information content (AvgIpc) is 3.16. The number of hydrogen-bond donors (Lipinski definition) is 2. The Kier molecular flexibility index (Phi) is 4.22. The van der Waals surface area contributed by atoms with E-state index in [1.165, 1.54) is 6.33 Å². The lowest BCUT2D eigenvalue weighted by molar-refractivity contribution is -0.120. The molecule has 1 aromatic heterocycles. The minimum atomic E-state index is -2.72. The van der Waals surface area contributed by atoms with Crippen molar-refractivity contribution in [3.8, 4) is 5.75 Å². The van der Waals surface area contributed by atoms with Crippen LogP contribution in [-0.4, -0.2) is 27.0 Å². The van der Waals surface area contributed by atoms with Gasteiger partial charge in [-0.25, -0.2) is 13.8 Å². The fourth-order valence-corrected chi connectivity index (χ4v) is 2.50. The van der Waals surface area contributed by atoms with Gasteiger partial charge in [0.15, 0.2) is 5.82 Å². The third kappa shape index (κ3) is 4.02. The summed E-state index contributed by atoms with van der Waals surface area (Å²) in [7, 11) is 0. The number of alkyl halides is 2. The fourth-order valence-electron chi connectivity index (χ4n) is 2.50. The molecule has 1 unspecified atom stereocenters. The van der Waals surface area contributed by atoms with Crippen LogP contribution in [0.2, 0.25) is 0 Å². The molecule has 8 heteroatoms. The number of carbonyl (C=O) groups is 1. The summed E-state index contributed by atoms with van der Waals surface area (Å²) in [6.07, 6.45) is 1.01. The van der Waals surface area contributed by atoms with Crippen molar-refractivity contribution in [1.29, 1.82) is 0 Å². The molecule has 1 heterocycles. The normalized spacial score (nSPS) is 19.5. The number of hydrogen-bond acceptors (Lipinski definition) is 4. The van der Waals surface area contributed by atoms with Crippen LogP contribution in [0.15, 0.2) is 30.6 Å². The molecule has 1 amide bonds. The second-order valence-corrected chi connectivity index (χ2v) is 5.53. The third-order valence-electron chi connectivity index (χ3n) is 3.74. The molecule has 122 valence electrons. The van der Waals surface area contributed by atoms with Crippen LogP contribution in [0.1, 0.15) is 25.1 Å². The zero-order valence-corrected chi connectivity index (χ0v) is 12.3. The molecule has 0 radical (unpaired) electrons. The largest absolute Gasteiger partial charge is 0.486 e. The molecule has 6 nitrogen and oxygen atoms in total. The van der Waals surface area contributed by atoms with Crippen molar-refractivity contribution in [2.45, 2.75) is 31.8 Å². The number of rotatable bonds is 5. The Morgan fingerprint density at radius 3 is 2.78 bits per heavy atom. The van der Waals surface area contributed by atoms with Crippen molar-refractivity contribution < 1.29 is 18.3 Å². The van der Waals surface area contributed by atoms with E-state index in [2.05, 4.69) is 20.5 Å². The summed E-state index contributed by atoms with van der Waals surface area (Å²) < 4.78 is 31.8. The molecule has 0 saturated heterocycles. The van der Waals surface area contributed by atoms with Crippen LogP contribution in [-0.2, 0) is 11.4 Å². The highest BCUT2D eigenvalue weighted by atomic mass is 19.3. The van der Waals surface area contributed by atoms with E-state index in [1.807, 2.05) is 0 Å². The molecule has 1 fully saturated rings. The van der Waals surface area contributed by atoms with Gasteiger partial charge in [0, 0.05) is 24.4 Å². The molecule has 0 spiro atoms. The molecule has 1 aliphatic carbocycles. The molecule has 2 aromatic rings. The summed E-state index contributed by atoms with van der Waals surface area (Å²) in [6, 6.07) is 6.71. The average molecular weight is 322 g/mol. The van der Waals surface area contributed by atoms with Crippen molar-refractivity contribution in [1.82, 2.24) is 15.2 Å². The minimum Gasteiger partial charge on any atom is -0.486 e. The van der Waals surface area contributed by atoms with Crippen LogP contribution in [0.5, 0.6) is 5.75 Å². The summed E-state index contributed by atoms with van der Waals surface area (Å²) >= 11 is 0. The van der Waals surface area contributed by atoms with Gasteiger partial charge in [-0.3, -0.25) is 9.89 Å². The summed E-state index contributed by atoms with van der Waals surface area (Å²) in [6.45, 7) is 0.253. The number of nitrogens with one attached hydrogen (secondary N) is 2. The number of aromatic nitrogens is 3. The molecule has 0 bridgehead atoms. The third-order valence-corrected chi connectivity index (χ3v) is 3.74. The zero-order valence-electron chi connectivity index (χ0n) is 12.3. The Hall–Kier alpha value is -2.51. The molecule has 1 atom stereocenters. The Bertz CT molecular complexity index is 659. The van der Waals surface area contributed by atoms with Gasteiger partial charge in [0.25, 0.3) is 0 Å². The maximum absolute atomic E-state index is 13.1. The predicted octanol–water partition coefficient (Wildman–Crippen LogP) is 2.76. The minimum absolute atomic E-state index is 0.219. The number of halogens is 2. The summed E-state index contributed by atoms with van der Waals surface area (Å²) in [4.78, 5) is 15.9. The number of anilines is 1. The molecule has 2 N–H and O–H groups in total. The van der Waals surface area contributed by atoms with Gasteiger partial charge >= 0.3 is 0 Å². The van der Waals surface area contributed by atoms with E-state index in [4.69, 9.17) is 4.74 Å². The van der Waals surface area contributed by atoms with Crippen molar-refractivity contribution in [2.75, 3.05) is 5.32 Å². The number of H-pyrrole nitrogens is 1. The Balaban J connectivity index is 1.52. The van der Waals surface area contributed by atoms with E-state index in [0.717, 1.165) is 0 Å². The Labute approximate surface area is 131 Å². The highest BCUT2D eigenvalue weighted by Gasteiger charge is 2.42. The number of aromatic amines is 1. The first kappa shape index (κ1) is 15.4. The standard InChI is InChI=1S/C15H16F2N4O2/c16-15(17)6-5-10(7-15)14(22)20-11-1-3-12(4-2-11)23-8-13-18-9-19-21-13/h1-4,9-10H,5-8H2,(H,20,22)(H,18,19,21). The lowest BCUT2D eigenvalue weighted by atomic mass is 10.1. The van der Waals surface area contributed by atoms with Gasteiger partial charge in [0.2, 0.25) is 11.8 Å². The quantitative estimate of drug-likeness (QED) is 0.887. The Morgan fingerprint density at radius 1 is 1.39 bits per heavy atom. The SMILES string of the molecule is O=C(Nc1ccc(OCc2ncn[nH]2)cc1)C1CCC(F)(F)C1. The molecule has 0 aliphatic heterocycles. The number of benzene rings is 1.